The van der Waals surface area contributed by atoms with Crippen LogP contribution in [0.3, 0.4) is 0 Å². The van der Waals surface area contributed by atoms with Crippen LogP contribution in [0.5, 0.6) is 0 Å². The minimum absolute atomic E-state index is 0.160. The highest BCUT2D eigenvalue weighted by Gasteiger charge is 2.22. The van der Waals surface area contributed by atoms with Gasteiger partial charge in [-0.15, -0.1) is 0 Å². The molecule has 2 N–H and O–H groups in total. The number of hydrogen-bond acceptors (Lipinski definition) is 2. The third-order valence-corrected chi connectivity index (χ3v) is 4.32. The van der Waals surface area contributed by atoms with Gasteiger partial charge in [0.05, 0.1) is 0 Å². The maximum Gasteiger partial charge on any atom is 0.191 e. The molecule has 5 heteroatoms. The van der Waals surface area contributed by atoms with Gasteiger partial charge in [-0.3, -0.25) is 9.89 Å². The third kappa shape index (κ3) is 4.44. The number of likely N-dealkylation sites (tertiary alicyclic amines) is 1. The molecule has 122 valence electrons. The molecule has 1 aromatic rings. The molecule has 0 saturated carbocycles. The second-order valence-corrected chi connectivity index (χ2v) is 5.81. The SMILES string of the molecule is CCN1CCCC1CNC(=NC)NCc1ccc(F)c(C)c1. The van der Waals surface area contributed by atoms with Gasteiger partial charge < -0.3 is 10.6 Å². The zero-order chi connectivity index (χ0) is 15.9. The topological polar surface area (TPSA) is 39.7 Å². The fraction of sp³-hybridized carbons (Fsp3) is 0.588. The summed E-state index contributed by atoms with van der Waals surface area (Å²) < 4.78 is 13.3. The van der Waals surface area contributed by atoms with Crippen LogP contribution >= 0.6 is 0 Å². The molecule has 1 fully saturated rings. The molecule has 0 spiro atoms. The molecule has 1 atom stereocenters. The summed E-state index contributed by atoms with van der Waals surface area (Å²) in [5.74, 6) is 0.636. The first-order valence-corrected chi connectivity index (χ1v) is 8.07. The molecule has 1 aromatic carbocycles. The second-order valence-electron chi connectivity index (χ2n) is 5.81. The Morgan fingerprint density at radius 2 is 2.23 bits per heavy atom. The van der Waals surface area contributed by atoms with Gasteiger partial charge >= 0.3 is 0 Å². The summed E-state index contributed by atoms with van der Waals surface area (Å²) in [4.78, 5) is 6.76. The van der Waals surface area contributed by atoms with E-state index in [9.17, 15) is 4.39 Å². The summed E-state index contributed by atoms with van der Waals surface area (Å²) in [6.45, 7) is 7.85. The van der Waals surface area contributed by atoms with E-state index in [1.54, 1.807) is 20.0 Å². The summed E-state index contributed by atoms with van der Waals surface area (Å²) in [7, 11) is 1.78. The van der Waals surface area contributed by atoms with Gasteiger partial charge in [0.1, 0.15) is 5.82 Å². The van der Waals surface area contributed by atoms with Gasteiger partial charge in [0.15, 0.2) is 5.96 Å². The minimum Gasteiger partial charge on any atom is -0.355 e. The van der Waals surface area contributed by atoms with Crippen LogP contribution in [0.2, 0.25) is 0 Å². The summed E-state index contributed by atoms with van der Waals surface area (Å²) >= 11 is 0. The smallest absolute Gasteiger partial charge is 0.191 e. The average molecular weight is 306 g/mol. The Balaban J connectivity index is 1.81. The van der Waals surface area contributed by atoms with E-state index in [1.807, 2.05) is 6.07 Å². The van der Waals surface area contributed by atoms with Crippen LogP contribution in [-0.4, -0.2) is 43.6 Å². The molecule has 1 heterocycles. The van der Waals surface area contributed by atoms with Gasteiger partial charge in [-0.2, -0.15) is 0 Å². The first-order chi connectivity index (χ1) is 10.6. The molecular formula is C17H27FN4. The maximum absolute atomic E-state index is 13.3. The van der Waals surface area contributed by atoms with Crippen LogP contribution in [0.25, 0.3) is 0 Å². The Bertz CT molecular complexity index is 515. The monoisotopic (exact) mass is 306 g/mol. The van der Waals surface area contributed by atoms with Crippen LogP contribution in [0.15, 0.2) is 23.2 Å². The van der Waals surface area contributed by atoms with E-state index in [-0.39, 0.29) is 5.82 Å². The van der Waals surface area contributed by atoms with Crippen molar-refractivity contribution in [2.24, 2.45) is 4.99 Å². The van der Waals surface area contributed by atoms with Crippen molar-refractivity contribution in [3.05, 3.63) is 35.1 Å². The Hall–Kier alpha value is -1.62. The van der Waals surface area contributed by atoms with E-state index >= 15 is 0 Å². The number of aliphatic imine (C=N–C) groups is 1. The van der Waals surface area contributed by atoms with Crippen molar-refractivity contribution in [2.45, 2.75) is 39.3 Å². The molecule has 22 heavy (non-hydrogen) atoms. The van der Waals surface area contributed by atoms with Crippen LogP contribution in [0.1, 0.15) is 30.9 Å². The van der Waals surface area contributed by atoms with Gasteiger partial charge in [0, 0.05) is 26.2 Å². The highest BCUT2D eigenvalue weighted by molar-refractivity contribution is 5.79. The molecule has 4 nitrogen and oxygen atoms in total. The number of likely N-dealkylation sites (N-methyl/N-ethyl adjacent to an activating group) is 1. The zero-order valence-corrected chi connectivity index (χ0v) is 13.8. The standard InChI is InChI=1S/C17H27FN4/c1-4-22-9-5-6-15(22)12-21-17(19-3)20-11-14-7-8-16(18)13(2)10-14/h7-8,10,15H,4-6,9,11-12H2,1-3H3,(H2,19,20,21). The molecule has 1 unspecified atom stereocenters. The van der Waals surface area contributed by atoms with E-state index < -0.39 is 0 Å². The Morgan fingerprint density at radius 1 is 1.41 bits per heavy atom. The second kappa shape index (κ2) is 8.13. The maximum atomic E-state index is 13.3. The van der Waals surface area contributed by atoms with Crippen LogP contribution in [-0.2, 0) is 6.54 Å². The number of aryl methyl sites for hydroxylation is 1. The van der Waals surface area contributed by atoms with E-state index in [1.165, 1.54) is 25.5 Å². The molecular weight excluding hydrogens is 279 g/mol. The van der Waals surface area contributed by atoms with Crippen molar-refractivity contribution in [3.8, 4) is 0 Å². The lowest BCUT2D eigenvalue weighted by Gasteiger charge is -2.24. The van der Waals surface area contributed by atoms with E-state index in [0.717, 1.165) is 24.6 Å². The lowest BCUT2D eigenvalue weighted by Crippen LogP contribution is -2.44. The molecule has 0 radical (unpaired) electrons. The quantitative estimate of drug-likeness (QED) is 0.648. The molecule has 1 aliphatic rings. The number of nitrogens with one attached hydrogen (secondary N) is 2. The number of hydrogen-bond donors (Lipinski definition) is 2. The number of halogens is 1. The third-order valence-electron chi connectivity index (χ3n) is 4.32. The first-order valence-electron chi connectivity index (χ1n) is 8.07. The Kier molecular flexibility index (Phi) is 6.19. The Morgan fingerprint density at radius 3 is 2.91 bits per heavy atom. The largest absolute Gasteiger partial charge is 0.355 e. The zero-order valence-electron chi connectivity index (χ0n) is 13.8. The molecule has 2 rings (SSSR count). The lowest BCUT2D eigenvalue weighted by atomic mass is 10.1. The fourth-order valence-electron chi connectivity index (χ4n) is 2.98. The van der Waals surface area contributed by atoms with Gasteiger partial charge in [-0.25, -0.2) is 4.39 Å². The number of benzene rings is 1. The molecule has 0 amide bonds. The fourth-order valence-corrected chi connectivity index (χ4v) is 2.98. The van der Waals surface area contributed by atoms with E-state index in [4.69, 9.17) is 0 Å². The lowest BCUT2D eigenvalue weighted by molar-refractivity contribution is 0.267. The average Bonchev–Trinajstić information content (AvgIpc) is 2.98. The molecule has 1 aliphatic heterocycles. The summed E-state index contributed by atoms with van der Waals surface area (Å²) in [6, 6.07) is 5.78. The number of nitrogens with zero attached hydrogens (tertiary/aromatic N) is 2. The highest BCUT2D eigenvalue weighted by atomic mass is 19.1. The summed E-state index contributed by atoms with van der Waals surface area (Å²) in [5, 5.41) is 6.68. The summed E-state index contributed by atoms with van der Waals surface area (Å²) in [5.41, 5.74) is 1.73. The van der Waals surface area contributed by atoms with Crippen LogP contribution < -0.4 is 10.6 Å². The molecule has 1 saturated heterocycles. The predicted octanol–water partition coefficient (Wildman–Crippen LogP) is 2.28. The van der Waals surface area contributed by atoms with Crippen molar-refractivity contribution >= 4 is 5.96 Å². The van der Waals surface area contributed by atoms with Crippen molar-refractivity contribution in [2.75, 3.05) is 26.7 Å². The molecule has 0 bridgehead atoms. The first kappa shape index (κ1) is 16.7. The van der Waals surface area contributed by atoms with Gasteiger partial charge in [-0.05, 0) is 50.0 Å². The van der Waals surface area contributed by atoms with Gasteiger partial charge in [0.2, 0.25) is 0 Å². The highest BCUT2D eigenvalue weighted by Crippen LogP contribution is 2.15. The summed E-state index contributed by atoms with van der Waals surface area (Å²) in [6.07, 6.45) is 2.52. The van der Waals surface area contributed by atoms with Gasteiger partial charge in [0.25, 0.3) is 0 Å². The van der Waals surface area contributed by atoms with Crippen molar-refractivity contribution in [1.29, 1.82) is 0 Å². The van der Waals surface area contributed by atoms with Crippen molar-refractivity contribution in [1.82, 2.24) is 15.5 Å². The number of rotatable bonds is 5. The normalized spacial score (nSPS) is 19.5. The van der Waals surface area contributed by atoms with E-state index in [0.29, 0.717) is 18.2 Å². The number of guanidine groups is 1. The molecule has 0 aromatic heterocycles. The van der Waals surface area contributed by atoms with Gasteiger partial charge in [-0.1, -0.05) is 19.1 Å². The van der Waals surface area contributed by atoms with Crippen LogP contribution in [0.4, 0.5) is 4.39 Å². The minimum atomic E-state index is -0.160. The van der Waals surface area contributed by atoms with Crippen molar-refractivity contribution in [3.63, 3.8) is 0 Å². The predicted molar refractivity (Wildman–Crippen MR) is 89.6 cm³/mol. The van der Waals surface area contributed by atoms with Crippen molar-refractivity contribution < 1.29 is 4.39 Å². The van der Waals surface area contributed by atoms with Crippen LogP contribution in [0, 0.1) is 12.7 Å². The van der Waals surface area contributed by atoms with E-state index in [2.05, 4.69) is 27.4 Å². The Labute approximate surface area is 132 Å². The molecule has 0 aliphatic carbocycles.